The molecule has 0 aromatic heterocycles. The second kappa shape index (κ2) is 5.59. The minimum atomic E-state index is -3.72. The molecule has 2 aromatic carbocycles. The highest BCUT2D eigenvalue weighted by molar-refractivity contribution is 7.92. The molecule has 0 aliphatic carbocycles. The molecule has 0 radical (unpaired) electrons. The molecular weight excluding hydrogens is 329 g/mol. The zero-order valence-corrected chi connectivity index (χ0v) is 12.5. The van der Waals surface area contributed by atoms with Crippen LogP contribution in [-0.2, 0) is 10.0 Å². The quantitative estimate of drug-likeness (QED) is 0.900. The van der Waals surface area contributed by atoms with E-state index in [1.807, 2.05) is 0 Å². The van der Waals surface area contributed by atoms with Crippen LogP contribution in [0.1, 0.15) is 0 Å². The Morgan fingerprint density at radius 3 is 2.26 bits per heavy atom. The third-order valence-corrected chi connectivity index (χ3v) is 4.63. The van der Waals surface area contributed by atoms with Gasteiger partial charge in [-0.1, -0.05) is 40.9 Å². The Labute approximate surface area is 126 Å². The number of rotatable bonds is 3. The Morgan fingerprint density at radius 2 is 1.63 bits per heavy atom. The summed E-state index contributed by atoms with van der Waals surface area (Å²) in [6.45, 7) is 0. The zero-order chi connectivity index (χ0) is 14.0. The molecule has 19 heavy (non-hydrogen) atoms. The zero-order valence-electron chi connectivity index (χ0n) is 9.40. The first kappa shape index (κ1) is 14.5. The summed E-state index contributed by atoms with van der Waals surface area (Å²) in [6, 6.07) is 10.5. The maximum absolute atomic E-state index is 12.1. The average molecular weight is 337 g/mol. The lowest BCUT2D eigenvalue weighted by Gasteiger charge is -2.09. The van der Waals surface area contributed by atoms with Gasteiger partial charge in [0.25, 0.3) is 10.0 Å². The minimum absolute atomic E-state index is 0.0295. The summed E-state index contributed by atoms with van der Waals surface area (Å²) in [4.78, 5) is 0.0295. The molecule has 0 saturated heterocycles. The van der Waals surface area contributed by atoms with Gasteiger partial charge in [0.2, 0.25) is 0 Å². The normalized spacial score (nSPS) is 11.3. The van der Waals surface area contributed by atoms with Crippen molar-refractivity contribution in [1.82, 2.24) is 0 Å². The molecular formula is C12H8Cl3NO2S. The third-order valence-electron chi connectivity index (χ3n) is 2.28. The highest BCUT2D eigenvalue weighted by atomic mass is 35.5. The first-order chi connectivity index (χ1) is 8.88. The number of anilines is 1. The van der Waals surface area contributed by atoms with Gasteiger partial charge in [0.15, 0.2) is 0 Å². The van der Waals surface area contributed by atoms with E-state index < -0.39 is 10.0 Å². The van der Waals surface area contributed by atoms with Gasteiger partial charge in [0, 0.05) is 5.02 Å². The van der Waals surface area contributed by atoms with Crippen LogP contribution < -0.4 is 4.72 Å². The summed E-state index contributed by atoms with van der Waals surface area (Å²) in [5, 5.41) is 0.911. The molecule has 100 valence electrons. The highest BCUT2D eigenvalue weighted by Gasteiger charge is 2.15. The molecule has 0 spiro atoms. The topological polar surface area (TPSA) is 46.2 Å². The van der Waals surface area contributed by atoms with E-state index in [1.165, 1.54) is 24.3 Å². The molecule has 3 nitrogen and oxygen atoms in total. The van der Waals surface area contributed by atoms with Crippen LogP contribution >= 0.6 is 34.8 Å². The number of hydrogen-bond donors (Lipinski definition) is 1. The van der Waals surface area contributed by atoms with Crippen LogP contribution in [0.5, 0.6) is 0 Å². The second-order valence-electron chi connectivity index (χ2n) is 3.69. The predicted molar refractivity (Wildman–Crippen MR) is 78.7 cm³/mol. The fourth-order valence-corrected chi connectivity index (χ4v) is 3.04. The Bertz CT molecular complexity index is 717. The number of nitrogens with one attached hydrogen (secondary N) is 1. The Kier molecular flexibility index (Phi) is 4.26. The molecule has 2 rings (SSSR count). The number of benzene rings is 2. The lowest BCUT2D eigenvalue weighted by atomic mass is 10.3. The van der Waals surface area contributed by atoms with Gasteiger partial charge in [-0.25, -0.2) is 8.42 Å². The largest absolute Gasteiger partial charge is 0.280 e. The van der Waals surface area contributed by atoms with E-state index in [4.69, 9.17) is 34.8 Å². The summed E-state index contributed by atoms with van der Waals surface area (Å²) < 4.78 is 26.6. The van der Waals surface area contributed by atoms with Crippen molar-refractivity contribution in [2.75, 3.05) is 4.72 Å². The maximum atomic E-state index is 12.1. The van der Waals surface area contributed by atoms with E-state index in [0.717, 1.165) is 0 Å². The molecule has 0 fully saturated rings. The SMILES string of the molecule is O=S(=O)(Nc1cccc(Cl)c1)c1ccc(Cl)c(Cl)c1. The molecule has 0 atom stereocenters. The van der Waals surface area contributed by atoms with Gasteiger partial charge < -0.3 is 0 Å². The fourth-order valence-electron chi connectivity index (χ4n) is 1.41. The minimum Gasteiger partial charge on any atom is -0.280 e. The molecule has 0 heterocycles. The average Bonchev–Trinajstić information content (AvgIpc) is 2.32. The molecule has 0 saturated carbocycles. The second-order valence-corrected chi connectivity index (χ2v) is 6.62. The van der Waals surface area contributed by atoms with E-state index in [9.17, 15) is 8.42 Å². The first-order valence-corrected chi connectivity index (χ1v) is 7.73. The van der Waals surface area contributed by atoms with Crippen molar-refractivity contribution in [3.8, 4) is 0 Å². The molecule has 0 aliphatic rings. The monoisotopic (exact) mass is 335 g/mol. The van der Waals surface area contributed by atoms with Crippen LogP contribution in [0.15, 0.2) is 47.4 Å². The highest BCUT2D eigenvalue weighted by Crippen LogP contribution is 2.26. The van der Waals surface area contributed by atoms with Crippen molar-refractivity contribution in [2.24, 2.45) is 0 Å². The van der Waals surface area contributed by atoms with Crippen LogP contribution in [0.3, 0.4) is 0 Å². The van der Waals surface area contributed by atoms with E-state index in [2.05, 4.69) is 4.72 Å². The fraction of sp³-hybridized carbons (Fsp3) is 0. The summed E-state index contributed by atoms with van der Waals surface area (Å²) in [7, 11) is -3.72. The first-order valence-electron chi connectivity index (χ1n) is 5.12. The van der Waals surface area contributed by atoms with Crippen LogP contribution in [0.25, 0.3) is 0 Å². The van der Waals surface area contributed by atoms with Gasteiger partial charge in [-0.15, -0.1) is 0 Å². The standard InChI is InChI=1S/C12H8Cl3NO2S/c13-8-2-1-3-9(6-8)16-19(17,18)10-4-5-11(14)12(15)7-10/h1-7,16H. The van der Waals surface area contributed by atoms with E-state index in [0.29, 0.717) is 15.7 Å². The smallest absolute Gasteiger partial charge is 0.261 e. The molecule has 0 unspecified atom stereocenters. The van der Waals surface area contributed by atoms with Gasteiger partial charge in [0.1, 0.15) is 0 Å². The maximum Gasteiger partial charge on any atom is 0.261 e. The van der Waals surface area contributed by atoms with Crippen molar-refractivity contribution in [1.29, 1.82) is 0 Å². The Morgan fingerprint density at radius 1 is 0.895 bits per heavy atom. The van der Waals surface area contributed by atoms with Crippen molar-refractivity contribution < 1.29 is 8.42 Å². The lowest BCUT2D eigenvalue weighted by Crippen LogP contribution is -2.12. The number of halogens is 3. The molecule has 0 aliphatic heterocycles. The van der Waals surface area contributed by atoms with E-state index >= 15 is 0 Å². The van der Waals surface area contributed by atoms with Crippen molar-refractivity contribution in [3.63, 3.8) is 0 Å². The number of hydrogen-bond acceptors (Lipinski definition) is 2. The van der Waals surface area contributed by atoms with Crippen molar-refractivity contribution in [2.45, 2.75) is 4.90 Å². The van der Waals surface area contributed by atoms with Gasteiger partial charge in [-0.05, 0) is 36.4 Å². The van der Waals surface area contributed by atoms with Gasteiger partial charge in [0.05, 0.1) is 20.6 Å². The van der Waals surface area contributed by atoms with Gasteiger partial charge in [-0.2, -0.15) is 0 Å². The molecule has 0 bridgehead atoms. The lowest BCUT2D eigenvalue weighted by molar-refractivity contribution is 0.601. The van der Waals surface area contributed by atoms with E-state index in [1.54, 1.807) is 18.2 Å². The number of sulfonamides is 1. The summed E-state index contributed by atoms with van der Waals surface area (Å²) in [5.74, 6) is 0. The van der Waals surface area contributed by atoms with Gasteiger partial charge in [-0.3, -0.25) is 4.72 Å². The Hall–Kier alpha value is -0.940. The summed E-state index contributed by atoms with van der Waals surface area (Å²) in [5.41, 5.74) is 0.374. The Balaban J connectivity index is 2.35. The molecule has 2 aromatic rings. The molecule has 0 amide bonds. The van der Waals surface area contributed by atoms with Crippen LogP contribution in [0, 0.1) is 0 Å². The van der Waals surface area contributed by atoms with E-state index in [-0.39, 0.29) is 9.92 Å². The third kappa shape index (κ3) is 3.54. The molecule has 7 heteroatoms. The predicted octanol–water partition coefficient (Wildman–Crippen LogP) is 4.45. The van der Waals surface area contributed by atoms with Gasteiger partial charge >= 0.3 is 0 Å². The van der Waals surface area contributed by atoms with Crippen LogP contribution in [0.4, 0.5) is 5.69 Å². The summed E-state index contributed by atoms with van der Waals surface area (Å²) >= 11 is 17.3. The van der Waals surface area contributed by atoms with Crippen molar-refractivity contribution in [3.05, 3.63) is 57.5 Å². The van der Waals surface area contributed by atoms with Crippen LogP contribution in [-0.4, -0.2) is 8.42 Å². The summed E-state index contributed by atoms with van der Waals surface area (Å²) in [6.07, 6.45) is 0. The van der Waals surface area contributed by atoms with Crippen molar-refractivity contribution >= 4 is 50.5 Å². The van der Waals surface area contributed by atoms with Crippen LogP contribution in [0.2, 0.25) is 15.1 Å². The molecule has 1 N–H and O–H groups in total.